The lowest BCUT2D eigenvalue weighted by molar-refractivity contribution is -0.127. The highest BCUT2D eigenvalue weighted by atomic mass is 19.1. The van der Waals surface area contributed by atoms with Crippen LogP contribution in [0.5, 0.6) is 5.75 Å². The second-order valence-electron chi connectivity index (χ2n) is 8.86. The smallest absolute Gasteiger partial charge is 0.224 e. The third kappa shape index (κ3) is 5.99. The van der Waals surface area contributed by atoms with Crippen LogP contribution in [-0.4, -0.2) is 31.0 Å². The van der Waals surface area contributed by atoms with Gasteiger partial charge < -0.3 is 10.1 Å². The molecule has 33 heavy (non-hydrogen) atoms. The Morgan fingerprint density at radius 3 is 2.39 bits per heavy atom. The number of likely N-dealkylation sites (tertiary alicyclic amines) is 1. The Balaban J connectivity index is 1.50. The number of ether oxygens (including phenoxy) is 1. The zero-order valence-electron chi connectivity index (χ0n) is 19.2. The number of hydrogen-bond donors (Lipinski definition) is 1. The number of hydrogen-bond acceptors (Lipinski definition) is 3. The minimum absolute atomic E-state index is 0.0556. The molecule has 0 saturated carbocycles. The van der Waals surface area contributed by atoms with Crippen LogP contribution >= 0.6 is 0 Å². The Morgan fingerprint density at radius 2 is 1.73 bits per heavy atom. The molecule has 1 aliphatic heterocycles. The third-order valence-electron chi connectivity index (χ3n) is 6.46. The van der Waals surface area contributed by atoms with Crippen molar-refractivity contribution in [1.29, 1.82) is 0 Å². The highest BCUT2D eigenvalue weighted by Gasteiger charge is 2.33. The van der Waals surface area contributed by atoms with E-state index in [9.17, 15) is 9.18 Å². The van der Waals surface area contributed by atoms with Gasteiger partial charge in [-0.3, -0.25) is 9.69 Å². The highest BCUT2D eigenvalue weighted by Crippen LogP contribution is 2.32. The lowest BCUT2D eigenvalue weighted by atomic mass is 9.83. The quantitative estimate of drug-likeness (QED) is 0.534. The molecule has 4 nitrogen and oxygen atoms in total. The van der Waals surface area contributed by atoms with Crippen molar-refractivity contribution in [2.45, 2.75) is 31.8 Å². The van der Waals surface area contributed by atoms with E-state index in [0.717, 1.165) is 36.4 Å². The van der Waals surface area contributed by atoms with Crippen molar-refractivity contribution in [3.05, 3.63) is 101 Å². The van der Waals surface area contributed by atoms with Crippen molar-refractivity contribution < 1.29 is 13.9 Å². The summed E-state index contributed by atoms with van der Waals surface area (Å²) in [4.78, 5) is 15.6. The number of amides is 1. The second kappa shape index (κ2) is 10.6. The van der Waals surface area contributed by atoms with Gasteiger partial charge in [-0.05, 0) is 60.2 Å². The Bertz CT molecular complexity index is 1040. The van der Waals surface area contributed by atoms with E-state index in [2.05, 4.69) is 22.3 Å². The monoisotopic (exact) mass is 446 g/mol. The maximum atomic E-state index is 13.5. The summed E-state index contributed by atoms with van der Waals surface area (Å²) in [6, 6.07) is 24.7. The fourth-order valence-electron chi connectivity index (χ4n) is 4.63. The average Bonchev–Trinajstić information content (AvgIpc) is 2.85. The van der Waals surface area contributed by atoms with E-state index in [4.69, 9.17) is 4.74 Å². The van der Waals surface area contributed by atoms with E-state index in [1.54, 1.807) is 7.11 Å². The van der Waals surface area contributed by atoms with Gasteiger partial charge in [0.25, 0.3) is 0 Å². The van der Waals surface area contributed by atoms with Crippen LogP contribution in [0.15, 0.2) is 78.9 Å². The topological polar surface area (TPSA) is 41.6 Å². The summed E-state index contributed by atoms with van der Waals surface area (Å²) < 4.78 is 18.8. The molecule has 3 unspecified atom stereocenters. The fraction of sp³-hybridized carbons (Fsp3) is 0.321. The van der Waals surface area contributed by atoms with E-state index >= 15 is 0 Å². The summed E-state index contributed by atoms with van der Waals surface area (Å²) in [5.74, 6) is 0.681. The number of benzene rings is 3. The van der Waals surface area contributed by atoms with Crippen LogP contribution in [0.1, 0.15) is 42.0 Å². The zero-order valence-corrected chi connectivity index (χ0v) is 19.2. The molecule has 3 aromatic rings. The molecule has 0 aliphatic carbocycles. The van der Waals surface area contributed by atoms with Crippen LogP contribution in [0.25, 0.3) is 0 Å². The van der Waals surface area contributed by atoms with Gasteiger partial charge >= 0.3 is 0 Å². The van der Waals surface area contributed by atoms with Gasteiger partial charge in [-0.1, -0.05) is 54.6 Å². The zero-order chi connectivity index (χ0) is 23.2. The van der Waals surface area contributed by atoms with Crippen molar-refractivity contribution in [2.24, 2.45) is 5.92 Å². The Morgan fingerprint density at radius 1 is 1.03 bits per heavy atom. The largest absolute Gasteiger partial charge is 0.497 e. The summed E-state index contributed by atoms with van der Waals surface area (Å²) in [6.07, 6.45) is 0.748. The molecule has 1 saturated heterocycles. The Hall–Kier alpha value is -3.18. The molecular formula is C28H31FN2O2. The normalized spacial score (nSPS) is 19.6. The Labute approximate surface area is 195 Å². The number of carbonyl (C=O) groups excluding carboxylic acids is 1. The first-order valence-corrected chi connectivity index (χ1v) is 11.5. The maximum Gasteiger partial charge on any atom is 0.224 e. The van der Waals surface area contributed by atoms with E-state index in [0.29, 0.717) is 6.54 Å². The number of carbonyl (C=O) groups is 1. The van der Waals surface area contributed by atoms with Crippen LogP contribution in [0.2, 0.25) is 0 Å². The van der Waals surface area contributed by atoms with Crippen molar-refractivity contribution in [3.8, 4) is 5.75 Å². The van der Waals surface area contributed by atoms with Gasteiger partial charge in [0.2, 0.25) is 5.91 Å². The molecule has 0 aromatic heterocycles. The first-order valence-electron chi connectivity index (χ1n) is 11.5. The summed E-state index contributed by atoms with van der Waals surface area (Å²) >= 11 is 0. The molecule has 0 bridgehead atoms. The van der Waals surface area contributed by atoms with E-state index in [-0.39, 0.29) is 29.6 Å². The van der Waals surface area contributed by atoms with Gasteiger partial charge in [-0.2, -0.15) is 0 Å². The predicted octanol–water partition coefficient (Wildman–Crippen LogP) is 5.32. The second-order valence-corrected chi connectivity index (χ2v) is 8.86. The van der Waals surface area contributed by atoms with Crippen molar-refractivity contribution in [3.63, 3.8) is 0 Å². The van der Waals surface area contributed by atoms with E-state index in [1.165, 1.54) is 17.7 Å². The molecule has 0 spiro atoms. The molecule has 1 N–H and O–H groups in total. The van der Waals surface area contributed by atoms with Gasteiger partial charge in [0.1, 0.15) is 11.6 Å². The minimum atomic E-state index is -0.240. The number of nitrogens with one attached hydrogen (secondary N) is 1. The first kappa shape index (κ1) is 23.0. The van der Waals surface area contributed by atoms with Gasteiger partial charge in [0, 0.05) is 19.6 Å². The minimum Gasteiger partial charge on any atom is -0.497 e. The third-order valence-corrected chi connectivity index (χ3v) is 6.46. The molecule has 1 amide bonds. The van der Waals surface area contributed by atoms with Crippen LogP contribution < -0.4 is 10.1 Å². The van der Waals surface area contributed by atoms with Gasteiger partial charge in [0.15, 0.2) is 0 Å². The Kier molecular flexibility index (Phi) is 7.40. The number of methoxy groups -OCH3 is 1. The number of nitrogens with zero attached hydrogens (tertiary/aromatic N) is 1. The molecule has 172 valence electrons. The summed E-state index contributed by atoms with van der Waals surface area (Å²) in [5.41, 5.74) is 3.34. The first-order chi connectivity index (χ1) is 16.0. The fourth-order valence-corrected chi connectivity index (χ4v) is 4.63. The molecule has 1 fully saturated rings. The number of piperidine rings is 1. The van der Waals surface area contributed by atoms with Crippen LogP contribution in [0.4, 0.5) is 4.39 Å². The number of rotatable bonds is 7. The van der Waals surface area contributed by atoms with Gasteiger partial charge in [-0.25, -0.2) is 4.39 Å². The van der Waals surface area contributed by atoms with Crippen LogP contribution in [0, 0.1) is 11.7 Å². The van der Waals surface area contributed by atoms with Crippen molar-refractivity contribution in [1.82, 2.24) is 10.2 Å². The van der Waals surface area contributed by atoms with Crippen molar-refractivity contribution >= 4 is 5.91 Å². The molecule has 4 rings (SSSR count). The van der Waals surface area contributed by atoms with E-state index < -0.39 is 0 Å². The summed E-state index contributed by atoms with van der Waals surface area (Å²) in [6.45, 7) is 4.29. The predicted molar refractivity (Wildman–Crippen MR) is 129 cm³/mol. The van der Waals surface area contributed by atoms with Crippen LogP contribution in [-0.2, 0) is 11.3 Å². The summed E-state index contributed by atoms with van der Waals surface area (Å²) in [7, 11) is 1.66. The standard InChI is InChI=1S/C28H31FN2O2/c1-20(22-6-4-3-5-7-22)30-28(32)25-16-24(23-10-12-26(29)13-11-23)18-31(19-25)17-21-8-14-27(33-2)15-9-21/h3-15,20,24-25H,16-19H2,1-2H3,(H,30,32). The summed E-state index contributed by atoms with van der Waals surface area (Å²) in [5, 5.41) is 3.20. The number of halogens is 1. The molecule has 1 aliphatic rings. The average molecular weight is 447 g/mol. The van der Waals surface area contributed by atoms with E-state index in [1.807, 2.05) is 61.5 Å². The lowest BCUT2D eigenvalue weighted by Crippen LogP contribution is -2.45. The molecular weight excluding hydrogens is 415 g/mol. The highest BCUT2D eigenvalue weighted by molar-refractivity contribution is 5.79. The SMILES string of the molecule is COc1ccc(CN2CC(C(=O)NC(C)c3ccccc3)CC(c3ccc(F)cc3)C2)cc1. The van der Waals surface area contributed by atoms with Gasteiger partial charge in [0.05, 0.1) is 19.1 Å². The van der Waals surface area contributed by atoms with Crippen molar-refractivity contribution in [2.75, 3.05) is 20.2 Å². The molecule has 3 aromatic carbocycles. The lowest BCUT2D eigenvalue weighted by Gasteiger charge is -2.38. The molecule has 1 heterocycles. The molecule has 0 radical (unpaired) electrons. The molecule has 5 heteroatoms. The maximum absolute atomic E-state index is 13.5. The van der Waals surface area contributed by atoms with Crippen LogP contribution in [0.3, 0.4) is 0 Å². The molecule has 3 atom stereocenters. The van der Waals surface area contributed by atoms with Gasteiger partial charge in [-0.15, -0.1) is 0 Å².